The van der Waals surface area contributed by atoms with Crippen molar-refractivity contribution in [3.8, 4) is 0 Å². The molecule has 1 amide bonds. The van der Waals surface area contributed by atoms with Crippen LogP contribution in [0.4, 0.5) is 0 Å². The fourth-order valence-corrected chi connectivity index (χ4v) is 1.15. The van der Waals surface area contributed by atoms with Crippen LogP contribution in [-0.4, -0.2) is 35.7 Å². The van der Waals surface area contributed by atoms with Crippen molar-refractivity contribution in [1.82, 2.24) is 5.32 Å². The maximum atomic E-state index is 11.1. The van der Waals surface area contributed by atoms with Crippen LogP contribution in [0, 0.1) is 5.92 Å². The number of carbonyl (C=O) groups excluding carboxylic acids is 1. The average molecular weight is 191 g/mol. The topological polar surface area (TPSA) is 49.3 Å². The molecule has 0 aliphatic heterocycles. The molecule has 12 heavy (non-hydrogen) atoms. The minimum absolute atomic E-state index is 0.00440. The molecule has 0 spiro atoms. The molecule has 72 valence electrons. The van der Waals surface area contributed by atoms with E-state index in [1.807, 2.05) is 20.1 Å². The summed E-state index contributed by atoms with van der Waals surface area (Å²) < 4.78 is 0. The van der Waals surface area contributed by atoms with Gasteiger partial charge in [-0.1, -0.05) is 13.8 Å². The molecule has 1 atom stereocenters. The van der Waals surface area contributed by atoms with Crippen LogP contribution in [0.15, 0.2) is 0 Å². The first-order chi connectivity index (χ1) is 5.61. The molecule has 4 heteroatoms. The quantitative estimate of drug-likeness (QED) is 0.664. The van der Waals surface area contributed by atoms with Crippen LogP contribution in [0.25, 0.3) is 0 Å². The fourth-order valence-electron chi connectivity index (χ4n) is 0.803. The molecule has 0 aromatic rings. The number of rotatable bonds is 5. The lowest BCUT2D eigenvalue weighted by Gasteiger charge is -2.19. The Bertz CT molecular complexity index is 139. The molecule has 2 N–H and O–H groups in total. The van der Waals surface area contributed by atoms with Crippen LogP contribution in [0.5, 0.6) is 0 Å². The molecule has 0 saturated carbocycles. The molecule has 0 saturated heterocycles. The molecule has 0 aliphatic rings. The molecule has 0 aromatic carbocycles. The number of amides is 1. The third-order valence-corrected chi connectivity index (χ3v) is 2.17. The maximum Gasteiger partial charge on any atom is 0.230 e. The number of thioether (sulfide) groups is 1. The summed E-state index contributed by atoms with van der Waals surface area (Å²) in [4.78, 5) is 11.1. The molecule has 3 nitrogen and oxygen atoms in total. The summed E-state index contributed by atoms with van der Waals surface area (Å²) in [5.41, 5.74) is 0. The van der Waals surface area contributed by atoms with Gasteiger partial charge in [-0.15, -0.1) is 0 Å². The van der Waals surface area contributed by atoms with Gasteiger partial charge < -0.3 is 10.4 Å². The Morgan fingerprint density at radius 2 is 2.17 bits per heavy atom. The Balaban J connectivity index is 3.77. The highest BCUT2D eigenvalue weighted by Crippen LogP contribution is 2.01. The second-order valence-electron chi connectivity index (χ2n) is 3.03. The average Bonchev–Trinajstić information content (AvgIpc) is 2.00. The minimum Gasteiger partial charge on any atom is -0.394 e. The first kappa shape index (κ1) is 11.8. The molecule has 0 radical (unpaired) electrons. The molecule has 0 aliphatic carbocycles. The van der Waals surface area contributed by atoms with Crippen molar-refractivity contribution in [3.63, 3.8) is 0 Å². The van der Waals surface area contributed by atoms with Gasteiger partial charge in [-0.05, 0) is 12.2 Å². The Labute approximate surface area is 77.9 Å². The van der Waals surface area contributed by atoms with E-state index in [4.69, 9.17) is 5.11 Å². The van der Waals surface area contributed by atoms with E-state index in [-0.39, 0.29) is 24.5 Å². The van der Waals surface area contributed by atoms with E-state index >= 15 is 0 Å². The molecule has 0 bridgehead atoms. The van der Waals surface area contributed by atoms with E-state index in [1.165, 1.54) is 11.8 Å². The van der Waals surface area contributed by atoms with E-state index in [1.54, 1.807) is 0 Å². The molecular formula is C8H17NO2S. The lowest BCUT2D eigenvalue weighted by molar-refractivity contribution is -0.119. The zero-order valence-corrected chi connectivity index (χ0v) is 8.65. The van der Waals surface area contributed by atoms with E-state index < -0.39 is 0 Å². The van der Waals surface area contributed by atoms with E-state index in [2.05, 4.69) is 5.32 Å². The monoisotopic (exact) mass is 191 g/mol. The lowest BCUT2D eigenvalue weighted by atomic mass is 10.1. The predicted octanol–water partition coefficient (Wildman–Crippen LogP) is 0.482. The number of aliphatic hydroxyl groups is 1. The van der Waals surface area contributed by atoms with Gasteiger partial charge in [0.05, 0.1) is 18.4 Å². The Morgan fingerprint density at radius 1 is 1.58 bits per heavy atom. The third kappa shape index (κ3) is 4.62. The SMILES string of the molecule is CSCC(=O)N[C@H](CO)C(C)C. The van der Waals surface area contributed by atoms with E-state index in [9.17, 15) is 4.79 Å². The zero-order chi connectivity index (χ0) is 9.56. The number of hydrogen-bond donors (Lipinski definition) is 2. The van der Waals surface area contributed by atoms with Gasteiger partial charge in [0.2, 0.25) is 5.91 Å². The van der Waals surface area contributed by atoms with Crippen molar-refractivity contribution in [2.45, 2.75) is 19.9 Å². The summed E-state index contributed by atoms with van der Waals surface area (Å²) in [6.45, 7) is 3.96. The highest BCUT2D eigenvalue weighted by atomic mass is 32.2. The smallest absolute Gasteiger partial charge is 0.230 e. The molecule has 0 unspecified atom stereocenters. The van der Waals surface area contributed by atoms with Gasteiger partial charge in [-0.2, -0.15) is 11.8 Å². The lowest BCUT2D eigenvalue weighted by Crippen LogP contribution is -2.41. The molecular weight excluding hydrogens is 174 g/mol. The van der Waals surface area contributed by atoms with Gasteiger partial charge in [-0.3, -0.25) is 4.79 Å². The van der Waals surface area contributed by atoms with Gasteiger partial charge in [0.1, 0.15) is 0 Å². The fraction of sp³-hybridized carbons (Fsp3) is 0.875. The first-order valence-corrected chi connectivity index (χ1v) is 5.40. The minimum atomic E-state index is -0.107. The number of aliphatic hydroxyl groups excluding tert-OH is 1. The van der Waals surface area contributed by atoms with Crippen LogP contribution in [-0.2, 0) is 4.79 Å². The largest absolute Gasteiger partial charge is 0.394 e. The van der Waals surface area contributed by atoms with Gasteiger partial charge in [0.15, 0.2) is 0 Å². The van der Waals surface area contributed by atoms with E-state index in [0.29, 0.717) is 5.75 Å². The summed E-state index contributed by atoms with van der Waals surface area (Å²) in [6.07, 6.45) is 1.88. The number of nitrogens with one attached hydrogen (secondary N) is 1. The van der Waals surface area contributed by atoms with Gasteiger partial charge in [0.25, 0.3) is 0 Å². The van der Waals surface area contributed by atoms with Gasteiger partial charge in [-0.25, -0.2) is 0 Å². The second kappa shape index (κ2) is 6.31. The standard InChI is InChI=1S/C8H17NO2S/c1-6(2)7(4-10)9-8(11)5-12-3/h6-7,10H,4-5H2,1-3H3,(H,9,11)/t7-/m1/s1. The summed E-state index contributed by atoms with van der Waals surface area (Å²) in [5, 5.41) is 11.6. The van der Waals surface area contributed by atoms with Gasteiger partial charge >= 0.3 is 0 Å². The highest BCUT2D eigenvalue weighted by molar-refractivity contribution is 7.99. The number of carbonyl (C=O) groups is 1. The summed E-state index contributed by atoms with van der Waals surface area (Å²) >= 11 is 1.48. The molecule has 0 aromatic heterocycles. The van der Waals surface area contributed by atoms with Crippen molar-refractivity contribution < 1.29 is 9.90 Å². The van der Waals surface area contributed by atoms with E-state index in [0.717, 1.165) is 0 Å². The second-order valence-corrected chi connectivity index (χ2v) is 3.90. The van der Waals surface area contributed by atoms with Crippen LogP contribution in [0.2, 0.25) is 0 Å². The van der Waals surface area contributed by atoms with Crippen molar-refractivity contribution in [1.29, 1.82) is 0 Å². The van der Waals surface area contributed by atoms with Crippen LogP contribution in [0.1, 0.15) is 13.8 Å². The van der Waals surface area contributed by atoms with Gasteiger partial charge in [0, 0.05) is 0 Å². The summed E-state index contributed by atoms with van der Waals surface area (Å²) in [7, 11) is 0. The van der Waals surface area contributed by atoms with Crippen molar-refractivity contribution in [2.75, 3.05) is 18.6 Å². The van der Waals surface area contributed by atoms with Crippen LogP contribution >= 0.6 is 11.8 Å². The molecule has 0 rings (SSSR count). The van der Waals surface area contributed by atoms with Crippen molar-refractivity contribution in [2.24, 2.45) is 5.92 Å². The summed E-state index contributed by atoms with van der Waals surface area (Å²) in [6, 6.07) is -0.107. The molecule has 0 heterocycles. The summed E-state index contributed by atoms with van der Waals surface area (Å²) in [5.74, 6) is 0.736. The van der Waals surface area contributed by atoms with Crippen LogP contribution in [0.3, 0.4) is 0 Å². The Morgan fingerprint density at radius 3 is 2.50 bits per heavy atom. The van der Waals surface area contributed by atoms with Crippen LogP contribution < -0.4 is 5.32 Å². The Hall–Kier alpha value is -0.220. The Kier molecular flexibility index (Phi) is 6.20. The normalized spacial score (nSPS) is 13.1. The number of hydrogen-bond acceptors (Lipinski definition) is 3. The third-order valence-electron chi connectivity index (χ3n) is 1.62. The highest BCUT2D eigenvalue weighted by Gasteiger charge is 2.13. The van der Waals surface area contributed by atoms with Crippen molar-refractivity contribution >= 4 is 17.7 Å². The first-order valence-electron chi connectivity index (χ1n) is 4.01. The zero-order valence-electron chi connectivity index (χ0n) is 7.83. The molecule has 0 fully saturated rings. The maximum absolute atomic E-state index is 11.1. The van der Waals surface area contributed by atoms with Crippen molar-refractivity contribution in [3.05, 3.63) is 0 Å². The predicted molar refractivity (Wildman–Crippen MR) is 52.2 cm³/mol.